The number of hydrogen-bond acceptors (Lipinski definition) is 4. The van der Waals surface area contributed by atoms with Crippen molar-refractivity contribution in [3.8, 4) is 11.1 Å². The predicted molar refractivity (Wildman–Crippen MR) is 132 cm³/mol. The van der Waals surface area contributed by atoms with Gasteiger partial charge in [0.15, 0.2) is 0 Å². The molecule has 1 aliphatic heterocycles. The van der Waals surface area contributed by atoms with Crippen LogP contribution in [0.1, 0.15) is 5.56 Å². The number of ether oxygens (including phenoxy) is 1. The quantitative estimate of drug-likeness (QED) is 0.379. The molecule has 0 atom stereocenters. The number of morpholine rings is 1. The first-order chi connectivity index (χ1) is 15.1. The summed E-state index contributed by atoms with van der Waals surface area (Å²) in [5, 5.41) is 1.06. The molecule has 1 saturated heterocycles. The van der Waals surface area contributed by atoms with Gasteiger partial charge in [-0.2, -0.15) is 0 Å². The van der Waals surface area contributed by atoms with Gasteiger partial charge in [0.05, 0.1) is 31.6 Å². The number of fused-ring (bicyclic) bond motifs is 1. The van der Waals surface area contributed by atoms with Crippen molar-refractivity contribution in [3.05, 3.63) is 80.5 Å². The molecule has 0 aliphatic carbocycles. The van der Waals surface area contributed by atoms with Crippen LogP contribution in [-0.4, -0.2) is 40.4 Å². The van der Waals surface area contributed by atoms with Crippen molar-refractivity contribution in [1.29, 1.82) is 0 Å². The first-order valence-electron chi connectivity index (χ1n) is 10.3. The number of halogens is 1. The number of hydrogen-bond donors (Lipinski definition) is 0. The zero-order valence-electron chi connectivity index (χ0n) is 17.3. The Kier molecular flexibility index (Phi) is 5.54. The molecule has 0 unspecified atom stereocenters. The normalized spacial score (nSPS) is 14.3. The smallest absolute Gasteiger partial charge is 0.251 e. The largest absolute Gasteiger partial charge is 0.378 e. The molecular weight excluding hydrogens is 503 g/mol. The van der Waals surface area contributed by atoms with Crippen LogP contribution in [0, 0.1) is 3.57 Å². The third kappa shape index (κ3) is 4.12. The van der Waals surface area contributed by atoms with Crippen LogP contribution in [0.15, 0.2) is 65.8 Å². The van der Waals surface area contributed by atoms with E-state index in [4.69, 9.17) is 9.72 Å². The summed E-state index contributed by atoms with van der Waals surface area (Å²) in [5.41, 5.74) is 5.05. The molecule has 5 rings (SSSR count). The second kappa shape index (κ2) is 8.47. The SMILES string of the molecule is Cn1cc(-c2ccn(Cc3ccc(I)cc3)c(=O)c2)c2cc(N3CCOCC3)cnc21. The van der Waals surface area contributed by atoms with Gasteiger partial charge < -0.3 is 18.8 Å². The van der Waals surface area contributed by atoms with Crippen molar-refractivity contribution < 1.29 is 4.74 Å². The summed E-state index contributed by atoms with van der Waals surface area (Å²) in [4.78, 5) is 19.9. The number of aryl methyl sites for hydroxylation is 1. The molecule has 1 aliphatic rings. The highest BCUT2D eigenvalue weighted by molar-refractivity contribution is 14.1. The Balaban J connectivity index is 1.50. The Morgan fingerprint density at radius 3 is 2.61 bits per heavy atom. The lowest BCUT2D eigenvalue weighted by Gasteiger charge is -2.28. The average molecular weight is 526 g/mol. The predicted octanol–water partition coefficient (Wildman–Crippen LogP) is 3.89. The molecule has 6 nitrogen and oxygen atoms in total. The van der Waals surface area contributed by atoms with E-state index in [1.165, 1.54) is 3.57 Å². The number of aromatic nitrogens is 3. The topological polar surface area (TPSA) is 52.3 Å². The van der Waals surface area contributed by atoms with E-state index in [0.29, 0.717) is 6.54 Å². The zero-order valence-corrected chi connectivity index (χ0v) is 19.4. The fourth-order valence-electron chi connectivity index (χ4n) is 4.07. The van der Waals surface area contributed by atoms with E-state index in [1.807, 2.05) is 30.1 Å². The lowest BCUT2D eigenvalue weighted by atomic mass is 10.1. The number of rotatable bonds is 4. The molecule has 0 bridgehead atoms. The van der Waals surface area contributed by atoms with Crippen LogP contribution in [0.2, 0.25) is 0 Å². The van der Waals surface area contributed by atoms with Gasteiger partial charge in [0, 0.05) is 53.1 Å². The molecule has 0 N–H and O–H groups in total. The van der Waals surface area contributed by atoms with Gasteiger partial charge >= 0.3 is 0 Å². The minimum absolute atomic E-state index is 0.00894. The fourth-order valence-corrected chi connectivity index (χ4v) is 4.43. The number of benzene rings is 1. The Hall–Kier alpha value is -2.65. The highest BCUT2D eigenvalue weighted by atomic mass is 127. The molecule has 4 heterocycles. The maximum Gasteiger partial charge on any atom is 0.251 e. The van der Waals surface area contributed by atoms with Gasteiger partial charge in [-0.25, -0.2) is 4.98 Å². The first kappa shape index (κ1) is 20.3. The summed E-state index contributed by atoms with van der Waals surface area (Å²) in [6.45, 7) is 3.76. The van der Waals surface area contributed by atoms with Gasteiger partial charge in [0.2, 0.25) is 0 Å². The molecule has 1 aromatic carbocycles. The van der Waals surface area contributed by atoms with Crippen LogP contribution in [0.5, 0.6) is 0 Å². The average Bonchev–Trinajstić information content (AvgIpc) is 3.13. The summed E-state index contributed by atoms with van der Waals surface area (Å²) < 4.78 is 10.4. The van der Waals surface area contributed by atoms with Crippen LogP contribution in [0.4, 0.5) is 5.69 Å². The Morgan fingerprint density at radius 1 is 1.10 bits per heavy atom. The van der Waals surface area contributed by atoms with Gasteiger partial charge in [-0.15, -0.1) is 0 Å². The molecule has 0 saturated carbocycles. The van der Waals surface area contributed by atoms with Gasteiger partial charge in [0.25, 0.3) is 5.56 Å². The van der Waals surface area contributed by atoms with E-state index in [-0.39, 0.29) is 5.56 Å². The molecular formula is C24H23IN4O2. The molecule has 3 aromatic heterocycles. The highest BCUT2D eigenvalue weighted by Crippen LogP contribution is 2.31. The van der Waals surface area contributed by atoms with E-state index in [1.54, 1.807) is 10.6 Å². The standard InChI is InChI=1S/C24H23IN4O2/c1-27-16-22(21-13-20(14-26-24(21)27)28-8-10-31-11-9-28)18-6-7-29(23(30)12-18)15-17-2-4-19(25)5-3-17/h2-7,12-14,16H,8-11,15H2,1H3. The molecule has 7 heteroatoms. The maximum absolute atomic E-state index is 12.9. The Morgan fingerprint density at radius 2 is 1.87 bits per heavy atom. The zero-order chi connectivity index (χ0) is 21.4. The summed E-state index contributed by atoms with van der Waals surface area (Å²) in [7, 11) is 1.99. The third-order valence-electron chi connectivity index (χ3n) is 5.75. The molecule has 4 aromatic rings. The van der Waals surface area contributed by atoms with Crippen LogP contribution < -0.4 is 10.5 Å². The van der Waals surface area contributed by atoms with Crippen molar-refractivity contribution in [1.82, 2.24) is 14.1 Å². The molecule has 158 valence electrons. The second-order valence-corrected chi connectivity index (χ2v) is 9.07. The summed E-state index contributed by atoms with van der Waals surface area (Å²) in [6.07, 6.45) is 5.86. The monoisotopic (exact) mass is 526 g/mol. The maximum atomic E-state index is 12.9. The minimum Gasteiger partial charge on any atom is -0.378 e. The van der Waals surface area contributed by atoms with E-state index in [0.717, 1.165) is 59.7 Å². The fraction of sp³-hybridized carbons (Fsp3) is 0.250. The van der Waals surface area contributed by atoms with E-state index >= 15 is 0 Å². The highest BCUT2D eigenvalue weighted by Gasteiger charge is 2.16. The lowest BCUT2D eigenvalue weighted by Crippen LogP contribution is -2.36. The summed E-state index contributed by atoms with van der Waals surface area (Å²) >= 11 is 2.29. The molecule has 0 spiro atoms. The van der Waals surface area contributed by atoms with Gasteiger partial charge in [-0.1, -0.05) is 12.1 Å². The molecule has 1 fully saturated rings. The Bertz CT molecular complexity index is 1290. The van der Waals surface area contributed by atoms with Crippen molar-refractivity contribution in [2.75, 3.05) is 31.2 Å². The lowest BCUT2D eigenvalue weighted by molar-refractivity contribution is 0.122. The number of nitrogens with zero attached hydrogens (tertiary/aromatic N) is 4. The number of anilines is 1. The van der Waals surface area contributed by atoms with Gasteiger partial charge in [0.1, 0.15) is 5.65 Å². The first-order valence-corrected chi connectivity index (χ1v) is 11.4. The van der Waals surface area contributed by atoms with Crippen molar-refractivity contribution in [3.63, 3.8) is 0 Å². The van der Waals surface area contributed by atoms with E-state index in [2.05, 4.69) is 64.0 Å². The minimum atomic E-state index is -0.00894. The van der Waals surface area contributed by atoms with E-state index in [9.17, 15) is 4.79 Å². The van der Waals surface area contributed by atoms with Crippen molar-refractivity contribution in [2.24, 2.45) is 7.05 Å². The van der Waals surface area contributed by atoms with Crippen LogP contribution in [-0.2, 0) is 18.3 Å². The van der Waals surface area contributed by atoms with Gasteiger partial charge in [-0.05, 0) is 58.0 Å². The second-order valence-electron chi connectivity index (χ2n) is 7.83. The van der Waals surface area contributed by atoms with Gasteiger partial charge in [-0.3, -0.25) is 4.79 Å². The Labute approximate surface area is 194 Å². The van der Waals surface area contributed by atoms with Crippen LogP contribution >= 0.6 is 22.6 Å². The van der Waals surface area contributed by atoms with Crippen LogP contribution in [0.3, 0.4) is 0 Å². The summed E-state index contributed by atoms with van der Waals surface area (Å²) in [5.74, 6) is 0. The molecule has 0 radical (unpaired) electrons. The van der Waals surface area contributed by atoms with Crippen molar-refractivity contribution in [2.45, 2.75) is 6.54 Å². The molecule has 0 amide bonds. The molecule has 31 heavy (non-hydrogen) atoms. The third-order valence-corrected chi connectivity index (χ3v) is 6.47. The van der Waals surface area contributed by atoms with Crippen LogP contribution in [0.25, 0.3) is 22.2 Å². The number of pyridine rings is 2. The van der Waals surface area contributed by atoms with Crippen molar-refractivity contribution >= 4 is 39.3 Å². The van der Waals surface area contributed by atoms with E-state index < -0.39 is 0 Å². The summed E-state index contributed by atoms with van der Waals surface area (Å²) in [6, 6.07) is 14.2.